The van der Waals surface area contributed by atoms with E-state index in [1.54, 1.807) is 23.3 Å². The van der Waals surface area contributed by atoms with Gasteiger partial charge in [-0.2, -0.15) is 0 Å². The van der Waals surface area contributed by atoms with E-state index in [0.717, 1.165) is 21.3 Å². The first-order valence-electron chi connectivity index (χ1n) is 6.81. The summed E-state index contributed by atoms with van der Waals surface area (Å²) in [5.41, 5.74) is 7.47. The molecule has 2 rings (SSSR count). The van der Waals surface area contributed by atoms with Crippen LogP contribution < -0.4 is 5.73 Å². The van der Waals surface area contributed by atoms with E-state index < -0.39 is 0 Å². The minimum absolute atomic E-state index is 0.0430. The third-order valence-electron chi connectivity index (χ3n) is 3.48. The molecule has 0 saturated carbocycles. The summed E-state index contributed by atoms with van der Waals surface area (Å²) in [5, 5.41) is 1.46. The number of hydrogen-bond donors (Lipinski definition) is 1. The van der Waals surface area contributed by atoms with Crippen LogP contribution in [0.4, 0.5) is 5.13 Å². The average Bonchev–Trinajstić information content (AvgIpc) is 2.98. The zero-order chi connectivity index (χ0) is 15.7. The van der Waals surface area contributed by atoms with Crippen LogP contribution in [0.5, 0.6) is 0 Å². The number of carbonyl (C=O) groups excluding carboxylic acids is 1. The van der Waals surface area contributed by atoms with Gasteiger partial charge in [0.15, 0.2) is 5.13 Å². The van der Waals surface area contributed by atoms with Crippen LogP contribution in [0.1, 0.15) is 50.8 Å². The Kier molecular flexibility index (Phi) is 4.63. The number of amides is 1. The minimum Gasteiger partial charge on any atom is -0.375 e. The summed E-state index contributed by atoms with van der Waals surface area (Å²) in [4.78, 5) is 25.0. The van der Waals surface area contributed by atoms with Gasteiger partial charge in [0, 0.05) is 11.9 Å². The molecule has 0 unspecified atom stereocenters. The van der Waals surface area contributed by atoms with Crippen LogP contribution in [0.25, 0.3) is 0 Å². The average molecular weight is 324 g/mol. The smallest absolute Gasteiger partial charge is 0.266 e. The van der Waals surface area contributed by atoms with Crippen LogP contribution >= 0.6 is 22.7 Å². The van der Waals surface area contributed by atoms with E-state index >= 15 is 0 Å². The first kappa shape index (κ1) is 15.9. The van der Waals surface area contributed by atoms with Gasteiger partial charge in [0.25, 0.3) is 5.91 Å². The number of carbonyl (C=O) groups is 1. The van der Waals surface area contributed by atoms with Crippen LogP contribution in [0.2, 0.25) is 0 Å². The Morgan fingerprint density at radius 1 is 1.33 bits per heavy atom. The van der Waals surface area contributed by atoms with Gasteiger partial charge < -0.3 is 10.6 Å². The second-order valence-corrected chi connectivity index (χ2v) is 7.39. The van der Waals surface area contributed by atoms with Gasteiger partial charge in [0.2, 0.25) is 0 Å². The second-order valence-electron chi connectivity index (χ2n) is 4.95. The molecule has 1 amide bonds. The van der Waals surface area contributed by atoms with E-state index in [0.29, 0.717) is 16.4 Å². The van der Waals surface area contributed by atoms with Crippen molar-refractivity contribution in [2.75, 3.05) is 12.8 Å². The van der Waals surface area contributed by atoms with Crippen molar-refractivity contribution in [1.29, 1.82) is 0 Å². The molecular formula is C14H20N4OS2. The normalized spacial score (nSPS) is 12.4. The predicted molar refractivity (Wildman–Crippen MR) is 88.0 cm³/mol. The molecule has 7 heteroatoms. The summed E-state index contributed by atoms with van der Waals surface area (Å²) in [5.74, 6) is -0.0430. The Bertz CT molecular complexity index is 662. The SMILES string of the molecule is CCc1nc(N)sc1C(=O)N(C)[C@@H](C)c1nc(C)sc1C. The second kappa shape index (κ2) is 6.11. The van der Waals surface area contributed by atoms with Crippen molar-refractivity contribution in [3.63, 3.8) is 0 Å². The fraction of sp³-hybridized carbons (Fsp3) is 0.500. The summed E-state index contributed by atoms with van der Waals surface area (Å²) in [6, 6.07) is -0.0736. The van der Waals surface area contributed by atoms with E-state index in [1.165, 1.54) is 11.3 Å². The standard InChI is InChI=1S/C14H20N4OS2/c1-6-10-12(21-14(15)17-10)13(19)18(5)7(2)11-8(3)20-9(4)16-11/h7H,6H2,1-5H3,(H2,15,17)/t7-/m0/s1. The number of hydrogen-bond acceptors (Lipinski definition) is 6. The third kappa shape index (κ3) is 3.08. The molecule has 2 heterocycles. The van der Waals surface area contributed by atoms with Gasteiger partial charge in [0.1, 0.15) is 4.88 Å². The first-order chi connectivity index (χ1) is 9.85. The van der Waals surface area contributed by atoms with Gasteiger partial charge in [-0.05, 0) is 27.2 Å². The highest BCUT2D eigenvalue weighted by Gasteiger charge is 2.26. The van der Waals surface area contributed by atoms with Crippen molar-refractivity contribution in [2.24, 2.45) is 0 Å². The first-order valence-corrected chi connectivity index (χ1v) is 8.44. The Morgan fingerprint density at radius 3 is 2.52 bits per heavy atom. The maximum atomic E-state index is 12.7. The third-order valence-corrected chi connectivity index (χ3v) is 5.30. The molecule has 0 spiro atoms. The van der Waals surface area contributed by atoms with Gasteiger partial charge in [-0.1, -0.05) is 18.3 Å². The Balaban J connectivity index is 2.28. The lowest BCUT2D eigenvalue weighted by molar-refractivity contribution is 0.0743. The molecule has 0 bridgehead atoms. The molecule has 21 heavy (non-hydrogen) atoms. The zero-order valence-electron chi connectivity index (χ0n) is 12.9. The lowest BCUT2D eigenvalue weighted by Crippen LogP contribution is -2.30. The maximum Gasteiger partial charge on any atom is 0.266 e. The number of anilines is 1. The Hall–Kier alpha value is -1.47. The van der Waals surface area contributed by atoms with Crippen molar-refractivity contribution >= 4 is 33.7 Å². The molecule has 2 N–H and O–H groups in total. The molecule has 114 valence electrons. The van der Waals surface area contributed by atoms with E-state index in [1.807, 2.05) is 27.7 Å². The van der Waals surface area contributed by atoms with E-state index in [-0.39, 0.29) is 11.9 Å². The zero-order valence-corrected chi connectivity index (χ0v) is 14.6. The molecule has 0 saturated heterocycles. The molecule has 1 atom stereocenters. The highest BCUT2D eigenvalue weighted by molar-refractivity contribution is 7.17. The quantitative estimate of drug-likeness (QED) is 0.937. The van der Waals surface area contributed by atoms with Gasteiger partial charge in [-0.3, -0.25) is 4.79 Å². The summed E-state index contributed by atoms with van der Waals surface area (Å²) >= 11 is 2.91. The lowest BCUT2D eigenvalue weighted by Gasteiger charge is -2.24. The fourth-order valence-electron chi connectivity index (χ4n) is 2.23. The molecule has 0 radical (unpaired) electrons. The number of thiazole rings is 2. The van der Waals surface area contributed by atoms with E-state index in [2.05, 4.69) is 9.97 Å². The number of nitrogen functional groups attached to an aromatic ring is 1. The van der Waals surface area contributed by atoms with Crippen molar-refractivity contribution < 1.29 is 4.79 Å². The molecular weight excluding hydrogens is 304 g/mol. The summed E-state index contributed by atoms with van der Waals surface area (Å²) in [7, 11) is 1.80. The number of nitrogens with two attached hydrogens (primary N) is 1. The summed E-state index contributed by atoms with van der Waals surface area (Å²) in [6.45, 7) is 7.99. The van der Waals surface area contributed by atoms with Crippen LogP contribution in [-0.2, 0) is 6.42 Å². The van der Waals surface area contributed by atoms with Gasteiger partial charge in [-0.15, -0.1) is 11.3 Å². The van der Waals surface area contributed by atoms with Crippen molar-refractivity contribution in [1.82, 2.24) is 14.9 Å². The molecule has 2 aromatic rings. The van der Waals surface area contributed by atoms with Crippen LogP contribution in [0.15, 0.2) is 0 Å². The molecule has 0 aliphatic carbocycles. The largest absolute Gasteiger partial charge is 0.375 e. The highest BCUT2D eigenvalue weighted by Crippen LogP contribution is 2.29. The van der Waals surface area contributed by atoms with E-state index in [9.17, 15) is 4.79 Å². The summed E-state index contributed by atoms with van der Waals surface area (Å²) < 4.78 is 0. The van der Waals surface area contributed by atoms with Crippen LogP contribution in [0, 0.1) is 13.8 Å². The van der Waals surface area contributed by atoms with Crippen LogP contribution in [0.3, 0.4) is 0 Å². The number of nitrogens with zero attached hydrogens (tertiary/aromatic N) is 3. The molecule has 0 aliphatic heterocycles. The molecule has 2 aromatic heterocycles. The minimum atomic E-state index is -0.0736. The van der Waals surface area contributed by atoms with Gasteiger partial charge in [-0.25, -0.2) is 9.97 Å². The van der Waals surface area contributed by atoms with E-state index in [4.69, 9.17) is 5.73 Å². The van der Waals surface area contributed by atoms with Gasteiger partial charge >= 0.3 is 0 Å². The Labute approximate surface area is 132 Å². The van der Waals surface area contributed by atoms with Crippen molar-refractivity contribution in [2.45, 2.75) is 40.2 Å². The molecule has 0 fully saturated rings. The molecule has 0 aliphatic rings. The topological polar surface area (TPSA) is 72.1 Å². The molecule has 5 nitrogen and oxygen atoms in total. The molecule has 0 aromatic carbocycles. The Morgan fingerprint density at radius 2 is 2.00 bits per heavy atom. The maximum absolute atomic E-state index is 12.7. The summed E-state index contributed by atoms with van der Waals surface area (Å²) in [6.07, 6.45) is 0.700. The monoisotopic (exact) mass is 324 g/mol. The van der Waals surface area contributed by atoms with Crippen LogP contribution in [-0.4, -0.2) is 27.8 Å². The number of aryl methyl sites for hydroxylation is 3. The lowest BCUT2D eigenvalue weighted by atomic mass is 10.1. The number of aromatic nitrogens is 2. The van der Waals surface area contributed by atoms with Crippen molar-refractivity contribution in [3.05, 3.63) is 26.1 Å². The highest BCUT2D eigenvalue weighted by atomic mass is 32.1. The fourth-order valence-corrected chi connectivity index (χ4v) is 4.04. The van der Waals surface area contributed by atoms with Gasteiger partial charge in [0.05, 0.1) is 22.4 Å². The predicted octanol–water partition coefficient (Wildman–Crippen LogP) is 3.19. The number of rotatable bonds is 4. The van der Waals surface area contributed by atoms with Crippen molar-refractivity contribution in [3.8, 4) is 0 Å².